The molecule has 38 heavy (non-hydrogen) atoms. The van der Waals surface area contributed by atoms with Gasteiger partial charge in [-0.2, -0.15) is 0 Å². The molecule has 0 aromatic heterocycles. The molecule has 0 aliphatic rings. The number of alkyl carbamates (subject to hydrolysis) is 1. The van der Waals surface area contributed by atoms with Crippen molar-refractivity contribution in [1.82, 2.24) is 16.0 Å². The summed E-state index contributed by atoms with van der Waals surface area (Å²) in [4.78, 5) is 51.3. The van der Waals surface area contributed by atoms with E-state index in [1.807, 2.05) is 88.4 Å². The molecule has 3 unspecified atom stereocenters. The van der Waals surface area contributed by atoms with E-state index in [1.165, 1.54) is 6.92 Å². The fourth-order valence-electron chi connectivity index (χ4n) is 4.00. The molecule has 0 aliphatic carbocycles. The first kappa shape index (κ1) is 30.5. The lowest BCUT2D eigenvalue weighted by Gasteiger charge is -2.26. The van der Waals surface area contributed by atoms with Gasteiger partial charge < -0.3 is 20.7 Å². The molecule has 3 N–H and O–H groups in total. The Morgan fingerprint density at radius 2 is 1.11 bits per heavy atom. The number of hydrogen-bond donors (Lipinski definition) is 3. The SMILES string of the molecule is CC(=O)C(Cc1ccccc1)NC(=O)C(CC(C)C)NC(=O)C(CC(C)C)NC(=O)OCc1ccccc1. The summed E-state index contributed by atoms with van der Waals surface area (Å²) in [5.74, 6) is -0.872. The monoisotopic (exact) mass is 523 g/mol. The lowest BCUT2D eigenvalue weighted by molar-refractivity contribution is -0.132. The van der Waals surface area contributed by atoms with Crippen molar-refractivity contribution in [3.05, 3.63) is 71.8 Å². The topological polar surface area (TPSA) is 114 Å². The van der Waals surface area contributed by atoms with Gasteiger partial charge in [-0.05, 0) is 49.1 Å². The molecule has 3 atom stereocenters. The van der Waals surface area contributed by atoms with Gasteiger partial charge in [0.15, 0.2) is 5.78 Å². The first-order chi connectivity index (χ1) is 18.0. The summed E-state index contributed by atoms with van der Waals surface area (Å²) in [7, 11) is 0. The second kappa shape index (κ2) is 15.5. The largest absolute Gasteiger partial charge is 0.445 e. The molecule has 0 bridgehead atoms. The summed E-state index contributed by atoms with van der Waals surface area (Å²) in [6.45, 7) is 9.29. The second-order valence-corrected chi connectivity index (χ2v) is 10.4. The molecule has 0 saturated heterocycles. The molecule has 0 heterocycles. The van der Waals surface area contributed by atoms with Crippen LogP contribution in [0, 0.1) is 11.8 Å². The van der Waals surface area contributed by atoms with Gasteiger partial charge >= 0.3 is 6.09 Å². The van der Waals surface area contributed by atoms with E-state index in [0.29, 0.717) is 19.3 Å². The van der Waals surface area contributed by atoms with Crippen molar-refractivity contribution in [1.29, 1.82) is 0 Å². The lowest BCUT2D eigenvalue weighted by Crippen LogP contribution is -2.56. The fraction of sp³-hybridized carbons (Fsp3) is 0.467. The molecular weight excluding hydrogens is 482 g/mol. The van der Waals surface area contributed by atoms with Gasteiger partial charge in [0.2, 0.25) is 11.8 Å². The van der Waals surface area contributed by atoms with Gasteiger partial charge in [0.1, 0.15) is 18.7 Å². The zero-order valence-corrected chi connectivity index (χ0v) is 23.0. The van der Waals surface area contributed by atoms with Crippen molar-refractivity contribution in [3.63, 3.8) is 0 Å². The van der Waals surface area contributed by atoms with E-state index in [4.69, 9.17) is 4.74 Å². The maximum atomic E-state index is 13.3. The smallest absolute Gasteiger partial charge is 0.408 e. The molecule has 0 aliphatic heterocycles. The molecule has 2 rings (SSSR count). The number of carbonyl (C=O) groups is 4. The average molecular weight is 524 g/mol. The Hall–Kier alpha value is -3.68. The van der Waals surface area contributed by atoms with Crippen LogP contribution < -0.4 is 16.0 Å². The predicted molar refractivity (Wildman–Crippen MR) is 147 cm³/mol. The predicted octanol–water partition coefficient (Wildman–Crippen LogP) is 4.17. The highest BCUT2D eigenvalue weighted by Crippen LogP contribution is 2.11. The van der Waals surface area contributed by atoms with Gasteiger partial charge in [0, 0.05) is 0 Å². The number of carbonyl (C=O) groups excluding carboxylic acids is 4. The van der Waals surface area contributed by atoms with E-state index < -0.39 is 36.0 Å². The van der Waals surface area contributed by atoms with Crippen LogP contribution in [0.15, 0.2) is 60.7 Å². The van der Waals surface area contributed by atoms with Crippen LogP contribution >= 0.6 is 0 Å². The van der Waals surface area contributed by atoms with Gasteiger partial charge in [0.05, 0.1) is 6.04 Å². The van der Waals surface area contributed by atoms with E-state index in [2.05, 4.69) is 16.0 Å². The van der Waals surface area contributed by atoms with Crippen LogP contribution in [-0.2, 0) is 32.1 Å². The third-order valence-corrected chi connectivity index (χ3v) is 5.96. The van der Waals surface area contributed by atoms with Gasteiger partial charge in [-0.3, -0.25) is 14.4 Å². The van der Waals surface area contributed by atoms with Crippen molar-refractivity contribution in [3.8, 4) is 0 Å². The average Bonchev–Trinajstić information content (AvgIpc) is 2.86. The maximum Gasteiger partial charge on any atom is 0.408 e. The molecular formula is C30H41N3O5. The number of amides is 3. The second-order valence-electron chi connectivity index (χ2n) is 10.4. The normalized spacial score (nSPS) is 13.3. The van der Waals surface area contributed by atoms with Crippen molar-refractivity contribution in [2.45, 2.75) is 78.6 Å². The van der Waals surface area contributed by atoms with Crippen molar-refractivity contribution >= 4 is 23.7 Å². The molecule has 8 heteroatoms. The highest BCUT2D eigenvalue weighted by atomic mass is 16.5. The van der Waals surface area contributed by atoms with E-state index in [1.54, 1.807) is 0 Å². The zero-order valence-electron chi connectivity index (χ0n) is 23.0. The fourth-order valence-corrected chi connectivity index (χ4v) is 4.00. The van der Waals surface area contributed by atoms with E-state index >= 15 is 0 Å². The molecule has 0 saturated carbocycles. The van der Waals surface area contributed by atoms with Gasteiger partial charge in [-0.1, -0.05) is 88.4 Å². The molecule has 8 nitrogen and oxygen atoms in total. The maximum absolute atomic E-state index is 13.3. The van der Waals surface area contributed by atoms with E-state index in [9.17, 15) is 19.2 Å². The number of hydrogen-bond acceptors (Lipinski definition) is 5. The van der Waals surface area contributed by atoms with Crippen molar-refractivity contribution in [2.24, 2.45) is 11.8 Å². The summed E-state index contributed by atoms with van der Waals surface area (Å²) in [6.07, 6.45) is 0.390. The van der Waals surface area contributed by atoms with Crippen LogP contribution in [0.3, 0.4) is 0 Å². The number of benzene rings is 2. The van der Waals surface area contributed by atoms with Crippen LogP contribution in [-0.4, -0.2) is 41.8 Å². The molecule has 0 spiro atoms. The van der Waals surface area contributed by atoms with Crippen LogP contribution in [0.2, 0.25) is 0 Å². The van der Waals surface area contributed by atoms with Crippen LogP contribution in [0.25, 0.3) is 0 Å². The zero-order chi connectivity index (χ0) is 28.1. The Bertz CT molecular complexity index is 1040. The van der Waals surface area contributed by atoms with Gasteiger partial charge in [-0.25, -0.2) is 4.79 Å². The molecule has 206 valence electrons. The van der Waals surface area contributed by atoms with Crippen LogP contribution in [0.1, 0.15) is 58.6 Å². The van der Waals surface area contributed by atoms with Crippen molar-refractivity contribution in [2.75, 3.05) is 0 Å². The van der Waals surface area contributed by atoms with Gasteiger partial charge in [-0.15, -0.1) is 0 Å². The summed E-state index contributed by atoms with van der Waals surface area (Å²) in [5.41, 5.74) is 1.75. The number of nitrogens with one attached hydrogen (secondary N) is 3. The Morgan fingerprint density at radius 3 is 1.58 bits per heavy atom. The summed E-state index contributed by atoms with van der Waals surface area (Å²) < 4.78 is 5.30. The van der Waals surface area contributed by atoms with Gasteiger partial charge in [0.25, 0.3) is 0 Å². The lowest BCUT2D eigenvalue weighted by atomic mass is 9.99. The minimum Gasteiger partial charge on any atom is -0.445 e. The molecule has 3 amide bonds. The third kappa shape index (κ3) is 11.2. The van der Waals surface area contributed by atoms with E-state index in [0.717, 1.165) is 11.1 Å². The standard InChI is InChI=1S/C30H41N3O5/c1-20(2)16-26(28(35)31-25(22(5)34)18-23-12-8-6-9-13-23)32-29(36)27(17-21(3)4)33-30(37)38-19-24-14-10-7-11-15-24/h6-15,20-21,25-27H,16-19H2,1-5H3,(H,31,35)(H,32,36)(H,33,37). The third-order valence-electron chi connectivity index (χ3n) is 5.96. The molecule has 0 fully saturated rings. The number of rotatable bonds is 14. The first-order valence-corrected chi connectivity index (χ1v) is 13.2. The molecule has 0 radical (unpaired) electrons. The minimum absolute atomic E-state index is 0.0783. The summed E-state index contributed by atoms with van der Waals surface area (Å²) >= 11 is 0. The van der Waals surface area contributed by atoms with Crippen LogP contribution in [0.4, 0.5) is 4.79 Å². The highest BCUT2D eigenvalue weighted by Gasteiger charge is 2.30. The Labute approximate surface area is 225 Å². The van der Waals surface area contributed by atoms with Crippen molar-refractivity contribution < 1.29 is 23.9 Å². The van der Waals surface area contributed by atoms with E-state index in [-0.39, 0.29) is 24.2 Å². The molecule has 2 aromatic rings. The Kier molecular flexibility index (Phi) is 12.5. The Balaban J connectivity index is 2.07. The summed E-state index contributed by atoms with van der Waals surface area (Å²) in [5, 5.41) is 8.28. The molecule has 2 aromatic carbocycles. The van der Waals surface area contributed by atoms with Crippen LogP contribution in [0.5, 0.6) is 0 Å². The summed E-state index contributed by atoms with van der Waals surface area (Å²) in [6, 6.07) is 16.2. The number of ketones is 1. The number of Topliss-reactive ketones (excluding diaryl/α,β-unsaturated/α-hetero) is 1. The number of ether oxygens (including phenoxy) is 1. The Morgan fingerprint density at radius 1 is 0.658 bits per heavy atom. The minimum atomic E-state index is -0.881. The first-order valence-electron chi connectivity index (χ1n) is 13.2. The quantitative estimate of drug-likeness (QED) is 0.344. The highest BCUT2D eigenvalue weighted by molar-refractivity contribution is 5.93.